The number of nitrogens with one attached hydrogen (secondary N) is 1. The third-order valence-corrected chi connectivity index (χ3v) is 5.67. The second kappa shape index (κ2) is 8.43. The second-order valence-electron chi connectivity index (χ2n) is 6.17. The van der Waals surface area contributed by atoms with Crippen LogP contribution in [-0.2, 0) is 27.8 Å². The molecule has 0 spiro atoms. The van der Waals surface area contributed by atoms with Crippen LogP contribution in [0.5, 0.6) is 0 Å². The number of hydrogen-bond acceptors (Lipinski definition) is 5. The lowest BCUT2D eigenvalue weighted by Crippen LogP contribution is -2.35. The lowest BCUT2D eigenvalue weighted by atomic mass is 10.1. The van der Waals surface area contributed by atoms with E-state index in [1.807, 2.05) is 30.3 Å². The topological polar surface area (TPSA) is 82.4 Å². The highest BCUT2D eigenvalue weighted by atomic mass is 32.2. The van der Waals surface area contributed by atoms with E-state index in [0.717, 1.165) is 38.4 Å². The minimum atomic E-state index is -3.65. The van der Waals surface area contributed by atoms with Crippen LogP contribution in [0.4, 0.5) is 0 Å². The van der Waals surface area contributed by atoms with Crippen LogP contribution in [-0.4, -0.2) is 39.6 Å². The van der Waals surface area contributed by atoms with Crippen molar-refractivity contribution in [3.8, 4) is 6.07 Å². The van der Waals surface area contributed by atoms with Crippen molar-refractivity contribution >= 4 is 10.0 Å². The Kier molecular flexibility index (Phi) is 6.01. The van der Waals surface area contributed by atoms with Gasteiger partial charge in [-0.1, -0.05) is 30.3 Å². The van der Waals surface area contributed by atoms with Gasteiger partial charge in [0.15, 0.2) is 0 Å². The number of nitriles is 1. The summed E-state index contributed by atoms with van der Waals surface area (Å²) >= 11 is 0. The summed E-state index contributed by atoms with van der Waals surface area (Å²) in [5.41, 5.74) is 2.40. The van der Waals surface area contributed by atoms with Crippen LogP contribution >= 0.6 is 0 Å². The minimum Gasteiger partial charge on any atom is -0.379 e. The highest BCUT2D eigenvalue weighted by Gasteiger charge is 2.14. The van der Waals surface area contributed by atoms with Gasteiger partial charge in [-0.25, -0.2) is 13.1 Å². The molecule has 0 saturated carbocycles. The quantitative estimate of drug-likeness (QED) is 0.838. The Bertz CT molecular complexity index is 883. The molecule has 0 bridgehead atoms. The average Bonchev–Trinajstić information content (AvgIpc) is 2.68. The summed E-state index contributed by atoms with van der Waals surface area (Å²) in [6.07, 6.45) is 0. The van der Waals surface area contributed by atoms with Crippen molar-refractivity contribution in [1.82, 2.24) is 9.62 Å². The van der Waals surface area contributed by atoms with Gasteiger partial charge in [-0.3, -0.25) is 4.90 Å². The van der Waals surface area contributed by atoms with Crippen LogP contribution in [0.25, 0.3) is 0 Å². The fourth-order valence-electron chi connectivity index (χ4n) is 2.77. The van der Waals surface area contributed by atoms with Gasteiger partial charge >= 0.3 is 0 Å². The number of ether oxygens (including phenoxy) is 1. The largest absolute Gasteiger partial charge is 0.379 e. The molecule has 1 fully saturated rings. The predicted molar refractivity (Wildman–Crippen MR) is 97.7 cm³/mol. The van der Waals surface area contributed by atoms with Crippen molar-refractivity contribution in [2.24, 2.45) is 0 Å². The van der Waals surface area contributed by atoms with Gasteiger partial charge in [0.25, 0.3) is 0 Å². The summed E-state index contributed by atoms with van der Waals surface area (Å²) in [7, 11) is -3.65. The van der Waals surface area contributed by atoms with Crippen molar-refractivity contribution in [1.29, 1.82) is 5.26 Å². The van der Waals surface area contributed by atoms with Crippen LogP contribution in [0.2, 0.25) is 0 Å². The summed E-state index contributed by atoms with van der Waals surface area (Å²) in [6.45, 7) is 4.49. The number of nitrogens with zero attached hydrogens (tertiary/aromatic N) is 2. The molecule has 0 aromatic heterocycles. The number of benzene rings is 2. The Labute approximate surface area is 154 Å². The van der Waals surface area contributed by atoms with Gasteiger partial charge in [0.1, 0.15) is 0 Å². The highest BCUT2D eigenvalue weighted by molar-refractivity contribution is 7.89. The summed E-state index contributed by atoms with van der Waals surface area (Å²) in [4.78, 5) is 2.43. The van der Waals surface area contributed by atoms with E-state index in [1.54, 1.807) is 12.1 Å². The normalized spacial score (nSPS) is 15.5. The molecule has 0 aliphatic carbocycles. The average molecular weight is 371 g/mol. The Morgan fingerprint density at radius 1 is 1.08 bits per heavy atom. The molecule has 1 aliphatic heterocycles. The second-order valence-corrected chi connectivity index (χ2v) is 7.94. The first-order valence-electron chi connectivity index (χ1n) is 8.44. The van der Waals surface area contributed by atoms with Crippen molar-refractivity contribution in [2.45, 2.75) is 18.0 Å². The Hall–Kier alpha value is -2.24. The third kappa shape index (κ3) is 4.90. The lowest BCUT2D eigenvalue weighted by Gasteiger charge is -2.26. The molecule has 1 aliphatic rings. The highest BCUT2D eigenvalue weighted by Crippen LogP contribution is 2.13. The van der Waals surface area contributed by atoms with Gasteiger partial charge < -0.3 is 4.74 Å². The van der Waals surface area contributed by atoms with E-state index in [1.165, 1.54) is 17.7 Å². The molecule has 2 aromatic carbocycles. The molecule has 26 heavy (non-hydrogen) atoms. The predicted octanol–water partition coefficient (Wildman–Crippen LogP) is 1.87. The Morgan fingerprint density at radius 3 is 2.46 bits per heavy atom. The first-order valence-corrected chi connectivity index (χ1v) is 9.93. The molecular formula is C19H21N3O3S. The van der Waals surface area contributed by atoms with E-state index in [9.17, 15) is 8.42 Å². The molecule has 0 amide bonds. The maximum absolute atomic E-state index is 12.4. The van der Waals surface area contributed by atoms with E-state index >= 15 is 0 Å². The van der Waals surface area contributed by atoms with E-state index in [4.69, 9.17) is 10.00 Å². The zero-order valence-electron chi connectivity index (χ0n) is 14.4. The fraction of sp³-hybridized carbons (Fsp3) is 0.316. The molecule has 7 heteroatoms. The van der Waals surface area contributed by atoms with Crippen LogP contribution in [0, 0.1) is 11.3 Å². The number of sulfonamides is 1. The Morgan fingerprint density at radius 2 is 1.77 bits per heavy atom. The van der Waals surface area contributed by atoms with Crippen LogP contribution in [0.15, 0.2) is 53.4 Å². The Balaban J connectivity index is 1.59. The SMILES string of the molecule is N#Cc1cccc(S(=O)(=O)NCc2ccc(CN3CCOCC3)cc2)c1. The maximum Gasteiger partial charge on any atom is 0.240 e. The van der Waals surface area contributed by atoms with Crippen molar-refractivity contribution in [3.05, 3.63) is 65.2 Å². The molecule has 3 rings (SSSR count). The number of rotatable bonds is 6. The maximum atomic E-state index is 12.4. The first kappa shape index (κ1) is 18.5. The number of hydrogen-bond donors (Lipinski definition) is 1. The molecule has 1 N–H and O–H groups in total. The van der Waals surface area contributed by atoms with Crippen molar-refractivity contribution < 1.29 is 13.2 Å². The molecule has 1 heterocycles. The van der Waals surface area contributed by atoms with Crippen LogP contribution in [0.1, 0.15) is 16.7 Å². The van der Waals surface area contributed by atoms with Gasteiger partial charge in [0, 0.05) is 26.2 Å². The zero-order valence-corrected chi connectivity index (χ0v) is 15.2. The van der Waals surface area contributed by atoms with Crippen LogP contribution < -0.4 is 4.72 Å². The standard InChI is InChI=1S/C19H21N3O3S/c20-13-18-2-1-3-19(12-18)26(23,24)21-14-16-4-6-17(7-5-16)15-22-8-10-25-11-9-22/h1-7,12,21H,8-11,14-15H2. The fourth-order valence-corrected chi connectivity index (χ4v) is 3.84. The summed E-state index contributed by atoms with van der Waals surface area (Å²) in [5.74, 6) is 0. The minimum absolute atomic E-state index is 0.0977. The van der Waals surface area contributed by atoms with Gasteiger partial charge in [-0.15, -0.1) is 0 Å². The first-order chi connectivity index (χ1) is 12.6. The summed E-state index contributed by atoms with van der Waals surface area (Å²) < 4.78 is 32.7. The lowest BCUT2D eigenvalue weighted by molar-refractivity contribution is 0.0342. The molecule has 2 aromatic rings. The molecule has 0 atom stereocenters. The van der Waals surface area contributed by atoms with Crippen molar-refractivity contribution in [2.75, 3.05) is 26.3 Å². The van der Waals surface area contributed by atoms with Gasteiger partial charge in [-0.05, 0) is 29.3 Å². The van der Waals surface area contributed by atoms with Gasteiger partial charge in [0.2, 0.25) is 10.0 Å². The third-order valence-electron chi connectivity index (χ3n) is 4.27. The molecule has 0 unspecified atom stereocenters. The molecule has 136 valence electrons. The molecule has 1 saturated heterocycles. The zero-order chi connectivity index (χ0) is 18.4. The van der Waals surface area contributed by atoms with E-state index in [-0.39, 0.29) is 11.4 Å². The number of morpholine rings is 1. The molecular weight excluding hydrogens is 350 g/mol. The van der Waals surface area contributed by atoms with Crippen molar-refractivity contribution in [3.63, 3.8) is 0 Å². The molecule has 6 nitrogen and oxygen atoms in total. The van der Waals surface area contributed by atoms with Gasteiger partial charge in [0.05, 0.1) is 29.7 Å². The van der Waals surface area contributed by atoms with E-state index in [2.05, 4.69) is 9.62 Å². The monoisotopic (exact) mass is 371 g/mol. The van der Waals surface area contributed by atoms with Gasteiger partial charge in [-0.2, -0.15) is 5.26 Å². The summed E-state index contributed by atoms with van der Waals surface area (Å²) in [6, 6.07) is 15.9. The van der Waals surface area contributed by atoms with E-state index in [0.29, 0.717) is 5.56 Å². The molecule has 0 radical (unpaired) electrons. The van der Waals surface area contributed by atoms with E-state index < -0.39 is 10.0 Å². The smallest absolute Gasteiger partial charge is 0.240 e. The summed E-state index contributed by atoms with van der Waals surface area (Å²) in [5, 5.41) is 8.90. The van der Waals surface area contributed by atoms with Crippen LogP contribution in [0.3, 0.4) is 0 Å².